The third kappa shape index (κ3) is 5.45. The van der Waals surface area contributed by atoms with Gasteiger partial charge < -0.3 is 30.1 Å². The zero-order valence-corrected chi connectivity index (χ0v) is 29.2. The Labute approximate surface area is 311 Å². The van der Waals surface area contributed by atoms with Crippen LogP contribution in [0.5, 0.6) is 23.0 Å². The summed E-state index contributed by atoms with van der Waals surface area (Å²) in [4.78, 5) is 0. The molecule has 0 aliphatic carbocycles. The molecule has 0 saturated carbocycles. The predicted octanol–water partition coefficient (Wildman–Crippen LogP) is 12.3. The van der Waals surface area contributed by atoms with Crippen molar-refractivity contribution in [3.8, 4) is 45.5 Å². The maximum atomic E-state index is 6.08. The van der Waals surface area contributed by atoms with E-state index in [2.05, 4.69) is 118 Å². The highest BCUT2D eigenvalue weighted by Gasteiger charge is 2.16. The van der Waals surface area contributed by atoms with Crippen LogP contribution in [0.1, 0.15) is 0 Å². The maximum Gasteiger partial charge on any atom is 0.127 e. The molecular formula is C48H34N4O2. The lowest BCUT2D eigenvalue weighted by Gasteiger charge is -2.11. The smallest absolute Gasteiger partial charge is 0.127 e. The molecule has 0 bridgehead atoms. The minimum Gasteiger partial charge on any atom is -0.457 e. The number of nitrogens with two attached hydrogens (primary N) is 2. The largest absolute Gasteiger partial charge is 0.457 e. The molecule has 2 heterocycles. The summed E-state index contributed by atoms with van der Waals surface area (Å²) in [6.07, 6.45) is 0. The van der Waals surface area contributed by atoms with Crippen LogP contribution < -0.4 is 20.9 Å². The normalized spacial score (nSPS) is 11.5. The van der Waals surface area contributed by atoms with Crippen molar-refractivity contribution in [2.24, 2.45) is 0 Å². The van der Waals surface area contributed by atoms with E-state index in [0.29, 0.717) is 11.4 Å². The molecule has 0 aliphatic rings. The molecule has 6 heteroatoms. The molecule has 10 rings (SSSR count). The lowest BCUT2D eigenvalue weighted by molar-refractivity contribution is 0.482. The topological polar surface area (TPSA) is 80.4 Å². The van der Waals surface area contributed by atoms with Crippen LogP contribution in [-0.4, -0.2) is 9.13 Å². The van der Waals surface area contributed by atoms with E-state index in [1.807, 2.05) is 72.8 Å². The number of para-hydroxylation sites is 2. The third-order valence-corrected chi connectivity index (χ3v) is 10.1. The van der Waals surface area contributed by atoms with E-state index in [1.165, 1.54) is 32.7 Å². The van der Waals surface area contributed by atoms with Crippen LogP contribution in [0.15, 0.2) is 182 Å². The highest BCUT2D eigenvalue weighted by atomic mass is 16.5. The number of hydrogen-bond acceptors (Lipinski definition) is 4. The predicted molar refractivity (Wildman–Crippen MR) is 222 cm³/mol. The fourth-order valence-electron chi connectivity index (χ4n) is 7.53. The molecule has 10 aromatic rings. The van der Waals surface area contributed by atoms with Crippen molar-refractivity contribution in [1.82, 2.24) is 9.13 Å². The molecule has 0 radical (unpaired) electrons. The van der Waals surface area contributed by atoms with Gasteiger partial charge in [-0.2, -0.15) is 0 Å². The summed E-state index contributed by atoms with van der Waals surface area (Å²) in [5, 5.41) is 4.82. The fourth-order valence-corrected chi connectivity index (χ4v) is 7.53. The van der Waals surface area contributed by atoms with Gasteiger partial charge >= 0.3 is 0 Å². The SMILES string of the molecule is Nc1ccc(Oc2ccc(-n3c4ccccc4c4cc(-c5ccc6c(c5)c5ccccc5n6-c5ccc(Oc6ccc(N)cc6)cc5)ccc43)cc2)cc1. The minimum absolute atomic E-state index is 0.709. The molecule has 0 unspecified atom stereocenters. The molecule has 0 spiro atoms. The van der Waals surface area contributed by atoms with Gasteiger partial charge in [0.05, 0.1) is 22.1 Å². The van der Waals surface area contributed by atoms with Gasteiger partial charge in [-0.1, -0.05) is 48.5 Å². The van der Waals surface area contributed by atoms with E-state index in [4.69, 9.17) is 20.9 Å². The van der Waals surface area contributed by atoms with Crippen molar-refractivity contribution in [2.75, 3.05) is 11.5 Å². The number of nitrogens with zero attached hydrogens (tertiary/aromatic N) is 2. The molecule has 0 fully saturated rings. The number of ether oxygens (including phenoxy) is 2. The van der Waals surface area contributed by atoms with Crippen molar-refractivity contribution in [2.45, 2.75) is 0 Å². The zero-order chi connectivity index (χ0) is 36.2. The van der Waals surface area contributed by atoms with E-state index in [0.717, 1.165) is 56.4 Å². The van der Waals surface area contributed by atoms with E-state index in [9.17, 15) is 0 Å². The van der Waals surface area contributed by atoms with Crippen LogP contribution in [0, 0.1) is 0 Å². The van der Waals surface area contributed by atoms with E-state index in [1.54, 1.807) is 0 Å². The summed E-state index contributed by atoms with van der Waals surface area (Å²) in [7, 11) is 0. The second-order valence-electron chi connectivity index (χ2n) is 13.5. The van der Waals surface area contributed by atoms with Crippen molar-refractivity contribution in [3.05, 3.63) is 182 Å². The average molecular weight is 699 g/mol. The Hall–Kier alpha value is -7.44. The summed E-state index contributed by atoms with van der Waals surface area (Å²) in [5.41, 5.74) is 22.2. The Morgan fingerprint density at radius 3 is 1.04 bits per heavy atom. The first-order valence-electron chi connectivity index (χ1n) is 17.9. The van der Waals surface area contributed by atoms with Gasteiger partial charge in [0.15, 0.2) is 0 Å². The maximum absolute atomic E-state index is 6.08. The van der Waals surface area contributed by atoms with Crippen molar-refractivity contribution >= 4 is 55.0 Å². The number of anilines is 2. The van der Waals surface area contributed by atoms with E-state index in [-0.39, 0.29) is 0 Å². The number of rotatable bonds is 7. The Morgan fingerprint density at radius 1 is 0.315 bits per heavy atom. The molecule has 0 amide bonds. The van der Waals surface area contributed by atoms with Crippen molar-refractivity contribution < 1.29 is 9.47 Å². The van der Waals surface area contributed by atoms with Crippen molar-refractivity contribution in [1.29, 1.82) is 0 Å². The lowest BCUT2D eigenvalue weighted by Crippen LogP contribution is -1.94. The average Bonchev–Trinajstić information content (AvgIpc) is 3.72. The number of benzene rings is 8. The molecule has 0 aliphatic heterocycles. The summed E-state index contributed by atoms with van der Waals surface area (Å²) in [6.45, 7) is 0. The standard InChI is InChI=1S/C48H34N4O2/c49-33-11-19-37(20-12-33)53-39-23-15-35(16-24-39)51-45-7-3-1-5-41(45)43-29-31(9-27-47(43)51)32-10-28-48-44(30-32)42-6-2-4-8-46(42)52(48)36-17-25-40(26-18-36)54-38-21-13-34(50)14-22-38/h1-30H,49-50H2. The van der Waals surface area contributed by atoms with Gasteiger partial charge in [-0.15, -0.1) is 0 Å². The molecule has 258 valence electrons. The molecule has 0 atom stereocenters. The molecule has 2 aromatic heterocycles. The van der Waals surface area contributed by atoms with Gasteiger partial charge in [0.2, 0.25) is 0 Å². The molecule has 6 nitrogen and oxygen atoms in total. The van der Waals surface area contributed by atoms with E-state index < -0.39 is 0 Å². The van der Waals surface area contributed by atoms with Crippen LogP contribution in [0.4, 0.5) is 11.4 Å². The molecule has 4 N–H and O–H groups in total. The summed E-state index contributed by atoms with van der Waals surface area (Å²) >= 11 is 0. The zero-order valence-electron chi connectivity index (χ0n) is 29.2. The summed E-state index contributed by atoms with van der Waals surface area (Å²) < 4.78 is 16.8. The molecule has 54 heavy (non-hydrogen) atoms. The minimum atomic E-state index is 0.709. The van der Waals surface area contributed by atoms with Gasteiger partial charge in [-0.05, 0) is 145 Å². The Balaban J connectivity index is 1.02. The Kier molecular flexibility index (Phi) is 7.34. The second kappa shape index (κ2) is 12.7. The second-order valence-corrected chi connectivity index (χ2v) is 13.5. The van der Waals surface area contributed by atoms with Gasteiger partial charge in [0, 0.05) is 44.3 Å². The van der Waals surface area contributed by atoms with Crippen LogP contribution >= 0.6 is 0 Å². The lowest BCUT2D eigenvalue weighted by atomic mass is 10.0. The summed E-state index contributed by atoms with van der Waals surface area (Å²) in [5.74, 6) is 3.03. The third-order valence-electron chi connectivity index (χ3n) is 10.1. The molecule has 0 saturated heterocycles. The number of nitrogen functional groups attached to an aromatic ring is 2. The quantitative estimate of drug-likeness (QED) is 0.162. The summed E-state index contributed by atoms with van der Waals surface area (Å²) in [6, 6.07) is 62.2. The Bertz CT molecular complexity index is 2770. The number of fused-ring (bicyclic) bond motifs is 6. The number of aromatic nitrogens is 2. The van der Waals surface area contributed by atoms with Crippen LogP contribution in [0.3, 0.4) is 0 Å². The van der Waals surface area contributed by atoms with E-state index >= 15 is 0 Å². The monoisotopic (exact) mass is 698 g/mol. The fraction of sp³-hybridized carbons (Fsp3) is 0. The van der Waals surface area contributed by atoms with Gasteiger partial charge in [-0.25, -0.2) is 0 Å². The van der Waals surface area contributed by atoms with Gasteiger partial charge in [0.1, 0.15) is 23.0 Å². The van der Waals surface area contributed by atoms with Crippen molar-refractivity contribution in [3.63, 3.8) is 0 Å². The highest BCUT2D eigenvalue weighted by Crippen LogP contribution is 2.39. The molecular weight excluding hydrogens is 665 g/mol. The molecule has 8 aromatic carbocycles. The van der Waals surface area contributed by atoms with Gasteiger partial charge in [-0.3, -0.25) is 0 Å². The van der Waals surface area contributed by atoms with Crippen LogP contribution in [0.2, 0.25) is 0 Å². The van der Waals surface area contributed by atoms with Crippen LogP contribution in [-0.2, 0) is 0 Å². The highest BCUT2D eigenvalue weighted by molar-refractivity contribution is 6.12. The number of hydrogen-bond donors (Lipinski definition) is 2. The Morgan fingerprint density at radius 2 is 0.648 bits per heavy atom. The first-order chi connectivity index (χ1) is 26.6. The van der Waals surface area contributed by atoms with Gasteiger partial charge in [0.25, 0.3) is 0 Å². The first kappa shape index (κ1) is 31.3. The van der Waals surface area contributed by atoms with Crippen LogP contribution in [0.25, 0.3) is 66.1 Å². The first-order valence-corrected chi connectivity index (χ1v) is 17.9.